The van der Waals surface area contributed by atoms with Crippen LogP contribution in [0, 0.1) is 11.8 Å². The summed E-state index contributed by atoms with van der Waals surface area (Å²) in [5.41, 5.74) is 5.46. The van der Waals surface area contributed by atoms with Crippen molar-refractivity contribution in [1.29, 1.82) is 0 Å². The standard InChI is InChI=1S/C10H23N/c1-4-10(6-5-7-11)8-9(2)3/h9-10H,4-8,11H2,1-3H3/t10-/m1/s1. The van der Waals surface area contributed by atoms with Gasteiger partial charge in [-0.2, -0.15) is 0 Å². The monoisotopic (exact) mass is 157 g/mol. The van der Waals surface area contributed by atoms with Gasteiger partial charge in [0.2, 0.25) is 0 Å². The second-order valence-corrected chi connectivity index (χ2v) is 3.83. The first-order valence-corrected chi connectivity index (χ1v) is 4.90. The SMILES string of the molecule is CC[C@H](CCCN)CC(C)C. The van der Waals surface area contributed by atoms with E-state index in [2.05, 4.69) is 20.8 Å². The molecule has 0 aliphatic heterocycles. The summed E-state index contributed by atoms with van der Waals surface area (Å²) < 4.78 is 0. The maximum atomic E-state index is 5.46. The first kappa shape index (κ1) is 11.0. The third kappa shape index (κ3) is 6.36. The van der Waals surface area contributed by atoms with Crippen LogP contribution in [0.4, 0.5) is 0 Å². The van der Waals surface area contributed by atoms with E-state index in [4.69, 9.17) is 5.73 Å². The molecule has 0 spiro atoms. The van der Waals surface area contributed by atoms with E-state index in [1.165, 1.54) is 25.7 Å². The summed E-state index contributed by atoms with van der Waals surface area (Å²) in [5, 5.41) is 0. The van der Waals surface area contributed by atoms with Gasteiger partial charge in [0.15, 0.2) is 0 Å². The topological polar surface area (TPSA) is 26.0 Å². The molecule has 0 saturated heterocycles. The van der Waals surface area contributed by atoms with Crippen molar-refractivity contribution < 1.29 is 0 Å². The van der Waals surface area contributed by atoms with Crippen LogP contribution in [0.2, 0.25) is 0 Å². The largest absolute Gasteiger partial charge is 0.330 e. The molecule has 0 radical (unpaired) electrons. The van der Waals surface area contributed by atoms with Crippen molar-refractivity contribution >= 4 is 0 Å². The Labute approximate surface area is 71.4 Å². The van der Waals surface area contributed by atoms with Gasteiger partial charge in [0.1, 0.15) is 0 Å². The number of hydrogen-bond donors (Lipinski definition) is 1. The van der Waals surface area contributed by atoms with Gasteiger partial charge < -0.3 is 5.73 Å². The molecule has 2 N–H and O–H groups in total. The van der Waals surface area contributed by atoms with Gasteiger partial charge in [-0.3, -0.25) is 0 Å². The minimum absolute atomic E-state index is 0.845. The van der Waals surface area contributed by atoms with E-state index in [9.17, 15) is 0 Å². The Morgan fingerprint density at radius 1 is 1.27 bits per heavy atom. The third-order valence-corrected chi connectivity index (χ3v) is 2.20. The average Bonchev–Trinajstić information content (AvgIpc) is 1.97. The highest BCUT2D eigenvalue weighted by atomic mass is 14.5. The minimum atomic E-state index is 0.845. The molecule has 0 unspecified atom stereocenters. The molecule has 0 aliphatic rings. The lowest BCUT2D eigenvalue weighted by Gasteiger charge is -2.16. The average molecular weight is 157 g/mol. The van der Waals surface area contributed by atoms with Crippen LogP contribution in [-0.4, -0.2) is 6.54 Å². The van der Waals surface area contributed by atoms with E-state index < -0.39 is 0 Å². The summed E-state index contributed by atoms with van der Waals surface area (Å²) in [6.45, 7) is 7.73. The lowest BCUT2D eigenvalue weighted by atomic mass is 9.91. The molecular weight excluding hydrogens is 134 g/mol. The number of hydrogen-bond acceptors (Lipinski definition) is 1. The lowest BCUT2D eigenvalue weighted by Crippen LogP contribution is -2.07. The van der Waals surface area contributed by atoms with Crippen molar-refractivity contribution in [3.63, 3.8) is 0 Å². The molecule has 0 saturated carbocycles. The summed E-state index contributed by atoms with van der Waals surface area (Å²) in [4.78, 5) is 0. The van der Waals surface area contributed by atoms with E-state index >= 15 is 0 Å². The zero-order valence-corrected chi connectivity index (χ0v) is 8.27. The zero-order chi connectivity index (χ0) is 8.69. The van der Waals surface area contributed by atoms with Crippen molar-refractivity contribution in [3.8, 4) is 0 Å². The first-order valence-electron chi connectivity index (χ1n) is 4.90. The van der Waals surface area contributed by atoms with Crippen LogP contribution in [0.15, 0.2) is 0 Å². The van der Waals surface area contributed by atoms with Gasteiger partial charge in [-0.15, -0.1) is 0 Å². The Kier molecular flexibility index (Phi) is 6.63. The maximum absolute atomic E-state index is 5.46. The van der Waals surface area contributed by atoms with Gasteiger partial charge in [0.25, 0.3) is 0 Å². The molecule has 0 rings (SSSR count). The lowest BCUT2D eigenvalue weighted by molar-refractivity contribution is 0.370. The Morgan fingerprint density at radius 2 is 1.91 bits per heavy atom. The highest BCUT2D eigenvalue weighted by Gasteiger charge is 2.07. The van der Waals surface area contributed by atoms with Gasteiger partial charge in [0.05, 0.1) is 0 Å². The van der Waals surface area contributed by atoms with Crippen LogP contribution in [0.1, 0.15) is 46.5 Å². The molecule has 1 atom stereocenters. The van der Waals surface area contributed by atoms with Crippen molar-refractivity contribution in [3.05, 3.63) is 0 Å². The number of nitrogens with two attached hydrogens (primary N) is 1. The minimum Gasteiger partial charge on any atom is -0.330 e. The van der Waals surface area contributed by atoms with Gasteiger partial charge in [-0.25, -0.2) is 0 Å². The molecule has 0 aromatic carbocycles. The van der Waals surface area contributed by atoms with Crippen molar-refractivity contribution in [2.24, 2.45) is 17.6 Å². The predicted octanol–water partition coefficient (Wildman–Crippen LogP) is 2.80. The summed E-state index contributed by atoms with van der Waals surface area (Å²) in [6.07, 6.45) is 5.21. The summed E-state index contributed by atoms with van der Waals surface area (Å²) in [7, 11) is 0. The highest BCUT2D eigenvalue weighted by Crippen LogP contribution is 2.19. The highest BCUT2D eigenvalue weighted by molar-refractivity contribution is 4.60. The summed E-state index contributed by atoms with van der Waals surface area (Å²) in [6, 6.07) is 0. The smallest absolute Gasteiger partial charge is 0.00772 e. The van der Waals surface area contributed by atoms with Crippen LogP contribution in [0.3, 0.4) is 0 Å². The molecule has 0 aliphatic carbocycles. The molecule has 1 nitrogen and oxygen atoms in total. The maximum Gasteiger partial charge on any atom is -0.00772 e. The molecule has 0 heterocycles. The van der Waals surface area contributed by atoms with Crippen LogP contribution < -0.4 is 5.73 Å². The molecule has 0 aromatic rings. The second-order valence-electron chi connectivity index (χ2n) is 3.83. The Balaban J connectivity index is 3.41. The fourth-order valence-corrected chi connectivity index (χ4v) is 1.56. The van der Waals surface area contributed by atoms with Gasteiger partial charge in [-0.05, 0) is 37.6 Å². The zero-order valence-electron chi connectivity index (χ0n) is 8.27. The van der Waals surface area contributed by atoms with E-state index in [1.54, 1.807) is 0 Å². The third-order valence-electron chi connectivity index (χ3n) is 2.20. The van der Waals surface area contributed by atoms with Crippen LogP contribution >= 0.6 is 0 Å². The van der Waals surface area contributed by atoms with Crippen molar-refractivity contribution in [2.75, 3.05) is 6.54 Å². The molecule has 0 bridgehead atoms. The van der Waals surface area contributed by atoms with Crippen molar-refractivity contribution in [2.45, 2.75) is 46.5 Å². The molecule has 0 fully saturated rings. The van der Waals surface area contributed by atoms with E-state index in [1.807, 2.05) is 0 Å². The molecule has 0 amide bonds. The Hall–Kier alpha value is -0.0400. The fourth-order valence-electron chi connectivity index (χ4n) is 1.56. The van der Waals surface area contributed by atoms with E-state index in [-0.39, 0.29) is 0 Å². The molecule has 1 heteroatoms. The number of rotatable bonds is 6. The predicted molar refractivity (Wildman–Crippen MR) is 51.5 cm³/mol. The van der Waals surface area contributed by atoms with E-state index in [0.717, 1.165) is 18.4 Å². The second kappa shape index (κ2) is 6.66. The van der Waals surface area contributed by atoms with Crippen LogP contribution in [0.25, 0.3) is 0 Å². The Morgan fingerprint density at radius 3 is 2.27 bits per heavy atom. The quantitative estimate of drug-likeness (QED) is 0.630. The summed E-state index contributed by atoms with van der Waals surface area (Å²) in [5.74, 6) is 1.76. The Bertz CT molecular complexity index is 78.9. The van der Waals surface area contributed by atoms with Gasteiger partial charge in [-0.1, -0.05) is 27.2 Å². The molecule has 0 aromatic heterocycles. The van der Waals surface area contributed by atoms with E-state index in [0.29, 0.717) is 0 Å². The molecular formula is C10H23N. The first-order chi connectivity index (χ1) is 5.20. The normalized spacial score (nSPS) is 13.9. The molecule has 68 valence electrons. The van der Waals surface area contributed by atoms with Crippen LogP contribution in [-0.2, 0) is 0 Å². The molecule has 11 heavy (non-hydrogen) atoms. The van der Waals surface area contributed by atoms with Gasteiger partial charge in [0, 0.05) is 0 Å². The summed E-state index contributed by atoms with van der Waals surface area (Å²) >= 11 is 0. The van der Waals surface area contributed by atoms with Crippen molar-refractivity contribution in [1.82, 2.24) is 0 Å². The van der Waals surface area contributed by atoms with Crippen LogP contribution in [0.5, 0.6) is 0 Å². The fraction of sp³-hybridized carbons (Fsp3) is 1.00. The van der Waals surface area contributed by atoms with Gasteiger partial charge >= 0.3 is 0 Å².